The van der Waals surface area contributed by atoms with Crippen LogP contribution in [0.2, 0.25) is 0 Å². The zero-order valence-corrected chi connectivity index (χ0v) is 12.5. The van der Waals surface area contributed by atoms with E-state index >= 15 is 0 Å². The fourth-order valence-electron chi connectivity index (χ4n) is 2.03. The number of likely N-dealkylation sites (tertiary alicyclic amines) is 1. The number of ether oxygens (including phenoxy) is 1. The molecule has 0 aromatic rings. The molecule has 0 aromatic heterocycles. The smallest absolute Gasteiger partial charge is 0.410 e. The van der Waals surface area contributed by atoms with Crippen LogP contribution in [0.4, 0.5) is 4.79 Å². The van der Waals surface area contributed by atoms with Crippen molar-refractivity contribution in [2.24, 2.45) is 5.92 Å². The number of carbonyl (C=O) groups is 2. The van der Waals surface area contributed by atoms with Crippen molar-refractivity contribution in [3.63, 3.8) is 0 Å². The minimum atomic E-state index is -0.490. The van der Waals surface area contributed by atoms with Gasteiger partial charge in [-0.05, 0) is 33.6 Å². The lowest BCUT2D eigenvalue weighted by Crippen LogP contribution is -2.35. The summed E-state index contributed by atoms with van der Waals surface area (Å²) in [4.78, 5) is 25.5. The Morgan fingerprint density at radius 3 is 2.53 bits per heavy atom. The van der Waals surface area contributed by atoms with E-state index in [-0.39, 0.29) is 17.8 Å². The Bertz CT molecular complexity index is 368. The highest BCUT2D eigenvalue weighted by molar-refractivity contribution is 5.84. The van der Waals surface area contributed by atoms with Crippen molar-refractivity contribution in [2.75, 3.05) is 13.1 Å². The van der Waals surface area contributed by atoms with Gasteiger partial charge in [0.25, 0.3) is 0 Å². The Balaban J connectivity index is 2.47. The van der Waals surface area contributed by atoms with Gasteiger partial charge >= 0.3 is 6.09 Å². The van der Waals surface area contributed by atoms with Crippen molar-refractivity contribution in [3.8, 4) is 0 Å². The van der Waals surface area contributed by atoms with Gasteiger partial charge in [-0.3, -0.25) is 4.79 Å². The first-order chi connectivity index (χ1) is 8.73. The summed E-state index contributed by atoms with van der Waals surface area (Å²) in [7, 11) is 0. The monoisotopic (exact) mass is 267 g/mol. The molecule has 1 aliphatic heterocycles. The zero-order valence-electron chi connectivity index (χ0n) is 12.5. The van der Waals surface area contributed by atoms with Crippen LogP contribution in [-0.4, -0.2) is 35.5 Å². The van der Waals surface area contributed by atoms with Gasteiger partial charge in [0.1, 0.15) is 11.4 Å². The van der Waals surface area contributed by atoms with Crippen LogP contribution in [0.1, 0.15) is 47.0 Å². The Labute approximate surface area is 115 Å². The lowest BCUT2D eigenvalue weighted by atomic mass is 9.97. The number of amides is 1. The van der Waals surface area contributed by atoms with E-state index < -0.39 is 5.60 Å². The van der Waals surface area contributed by atoms with Gasteiger partial charge < -0.3 is 9.64 Å². The number of Topliss-reactive ketones (excluding diaryl/α,β-unsaturated/α-hetero) is 1. The first-order valence-electron chi connectivity index (χ1n) is 6.90. The molecule has 1 fully saturated rings. The van der Waals surface area contributed by atoms with Crippen molar-refractivity contribution in [3.05, 3.63) is 12.2 Å². The van der Waals surface area contributed by atoms with E-state index in [2.05, 4.69) is 6.58 Å². The van der Waals surface area contributed by atoms with Crippen molar-refractivity contribution < 1.29 is 14.3 Å². The van der Waals surface area contributed by atoms with Crippen LogP contribution in [0.25, 0.3) is 0 Å². The summed E-state index contributed by atoms with van der Waals surface area (Å²) in [5.41, 5.74) is 0.469. The van der Waals surface area contributed by atoms with Crippen molar-refractivity contribution in [2.45, 2.75) is 52.6 Å². The number of nitrogens with zero attached hydrogens (tertiary/aromatic N) is 1. The molecule has 0 radical (unpaired) electrons. The molecule has 1 unspecified atom stereocenters. The Morgan fingerprint density at radius 1 is 1.37 bits per heavy atom. The largest absolute Gasteiger partial charge is 0.444 e. The molecule has 0 N–H and O–H groups in total. The average Bonchev–Trinajstić information content (AvgIpc) is 2.75. The van der Waals surface area contributed by atoms with Gasteiger partial charge in [-0.15, -0.1) is 0 Å². The summed E-state index contributed by atoms with van der Waals surface area (Å²) in [6, 6.07) is 0. The van der Waals surface area contributed by atoms with Gasteiger partial charge in [0, 0.05) is 25.4 Å². The van der Waals surface area contributed by atoms with Crippen LogP contribution in [0, 0.1) is 5.92 Å². The van der Waals surface area contributed by atoms with Crippen LogP contribution in [-0.2, 0) is 9.53 Å². The first-order valence-corrected chi connectivity index (χ1v) is 6.90. The van der Waals surface area contributed by atoms with Gasteiger partial charge in [0.15, 0.2) is 0 Å². The Kier molecular flexibility index (Phi) is 5.15. The summed E-state index contributed by atoms with van der Waals surface area (Å²) in [5.74, 6) is 0.133. The van der Waals surface area contributed by atoms with Crippen LogP contribution in [0.3, 0.4) is 0 Å². The minimum absolute atomic E-state index is 0.0594. The maximum absolute atomic E-state index is 12.0. The van der Waals surface area contributed by atoms with Crippen molar-refractivity contribution in [1.82, 2.24) is 4.90 Å². The van der Waals surface area contributed by atoms with E-state index in [1.165, 1.54) is 0 Å². The number of allylic oxidation sites excluding steroid dienone is 1. The highest BCUT2D eigenvalue weighted by Crippen LogP contribution is 2.22. The molecule has 1 atom stereocenters. The Hall–Kier alpha value is -1.32. The van der Waals surface area contributed by atoms with Gasteiger partial charge in [-0.1, -0.05) is 19.1 Å². The molecule has 1 rings (SSSR count). The SMILES string of the molecule is C=C(CC)CC(=O)C1CCN(C(=O)OC(C)(C)C)C1. The fourth-order valence-corrected chi connectivity index (χ4v) is 2.03. The van der Waals surface area contributed by atoms with Crippen LogP contribution in [0.15, 0.2) is 12.2 Å². The molecule has 1 aliphatic rings. The molecule has 4 nitrogen and oxygen atoms in total. The molecule has 0 aromatic carbocycles. The maximum atomic E-state index is 12.0. The molecule has 0 spiro atoms. The van der Waals surface area contributed by atoms with E-state index in [1.54, 1.807) is 4.90 Å². The summed E-state index contributed by atoms with van der Waals surface area (Å²) >= 11 is 0. The quantitative estimate of drug-likeness (QED) is 0.735. The van der Waals surface area contributed by atoms with Crippen molar-refractivity contribution in [1.29, 1.82) is 0 Å². The third-order valence-corrected chi connectivity index (χ3v) is 3.22. The second kappa shape index (κ2) is 6.22. The van der Waals surface area contributed by atoms with E-state index in [4.69, 9.17) is 4.74 Å². The molecule has 1 amide bonds. The number of rotatable bonds is 4. The lowest BCUT2D eigenvalue weighted by molar-refractivity contribution is -0.121. The van der Waals surface area contributed by atoms with E-state index in [0.717, 1.165) is 18.4 Å². The van der Waals surface area contributed by atoms with Gasteiger partial charge in [-0.25, -0.2) is 4.79 Å². The zero-order chi connectivity index (χ0) is 14.6. The van der Waals surface area contributed by atoms with E-state index in [9.17, 15) is 9.59 Å². The third kappa shape index (κ3) is 5.05. The average molecular weight is 267 g/mol. The number of carbonyl (C=O) groups excluding carboxylic acids is 2. The van der Waals surface area contributed by atoms with Crippen molar-refractivity contribution >= 4 is 11.9 Å². The summed E-state index contributed by atoms with van der Waals surface area (Å²) < 4.78 is 5.31. The van der Waals surface area contributed by atoms with Crippen LogP contribution < -0.4 is 0 Å². The molecular weight excluding hydrogens is 242 g/mol. The van der Waals surface area contributed by atoms with Crippen LogP contribution >= 0.6 is 0 Å². The predicted molar refractivity (Wildman–Crippen MR) is 75.0 cm³/mol. The molecule has 0 bridgehead atoms. The van der Waals surface area contributed by atoms with Crippen LogP contribution in [0.5, 0.6) is 0 Å². The standard InChI is InChI=1S/C15H25NO3/c1-6-11(2)9-13(17)12-7-8-16(10-12)14(18)19-15(3,4)5/h12H,2,6-10H2,1,3-5H3. The molecular formula is C15H25NO3. The van der Waals surface area contributed by atoms with Gasteiger partial charge in [0.2, 0.25) is 0 Å². The third-order valence-electron chi connectivity index (χ3n) is 3.22. The molecule has 1 saturated heterocycles. The highest BCUT2D eigenvalue weighted by atomic mass is 16.6. The molecule has 4 heteroatoms. The molecule has 19 heavy (non-hydrogen) atoms. The molecule has 0 aliphatic carbocycles. The first kappa shape index (κ1) is 15.7. The second-order valence-corrected chi connectivity index (χ2v) is 6.16. The molecule has 108 valence electrons. The second-order valence-electron chi connectivity index (χ2n) is 6.16. The number of ketones is 1. The normalized spacial score (nSPS) is 19.4. The lowest BCUT2D eigenvalue weighted by Gasteiger charge is -2.24. The van der Waals surface area contributed by atoms with E-state index in [0.29, 0.717) is 19.5 Å². The predicted octanol–water partition coefficient (Wildman–Crippen LogP) is 3.17. The minimum Gasteiger partial charge on any atom is -0.444 e. The molecule has 0 saturated carbocycles. The maximum Gasteiger partial charge on any atom is 0.410 e. The number of hydrogen-bond acceptors (Lipinski definition) is 3. The van der Waals surface area contributed by atoms with Gasteiger partial charge in [0.05, 0.1) is 0 Å². The van der Waals surface area contributed by atoms with Gasteiger partial charge in [-0.2, -0.15) is 0 Å². The highest BCUT2D eigenvalue weighted by Gasteiger charge is 2.33. The number of hydrogen-bond donors (Lipinski definition) is 0. The summed E-state index contributed by atoms with van der Waals surface area (Å²) in [6.45, 7) is 12.5. The summed E-state index contributed by atoms with van der Waals surface area (Å²) in [6.07, 6.45) is 1.67. The summed E-state index contributed by atoms with van der Waals surface area (Å²) in [5, 5.41) is 0. The molecule has 1 heterocycles. The Morgan fingerprint density at radius 2 is 2.00 bits per heavy atom. The fraction of sp³-hybridized carbons (Fsp3) is 0.733. The van der Waals surface area contributed by atoms with E-state index in [1.807, 2.05) is 27.7 Å². The topological polar surface area (TPSA) is 46.6 Å².